The van der Waals surface area contributed by atoms with Gasteiger partial charge in [0.05, 0.1) is 0 Å². The minimum absolute atomic E-state index is 0.254. The lowest BCUT2D eigenvalue weighted by Crippen LogP contribution is -2.23. The van der Waals surface area contributed by atoms with Gasteiger partial charge in [0.15, 0.2) is 0 Å². The second-order valence-electron chi connectivity index (χ2n) is 4.51. The number of hydrogen-bond donors (Lipinski definition) is 0. The summed E-state index contributed by atoms with van der Waals surface area (Å²) in [6.45, 7) is 6.81. The van der Waals surface area contributed by atoms with E-state index in [0.29, 0.717) is 6.42 Å². The Morgan fingerprint density at radius 1 is 1.18 bits per heavy atom. The second-order valence-corrected chi connectivity index (χ2v) is 4.51. The fourth-order valence-electron chi connectivity index (χ4n) is 2.14. The topological polar surface area (TPSA) is 20.3 Å². The summed E-state index contributed by atoms with van der Waals surface area (Å²) in [4.78, 5) is 13.3. The molecule has 0 radical (unpaired) electrons. The first-order valence-corrected chi connectivity index (χ1v) is 6.41. The van der Waals surface area contributed by atoms with E-state index in [1.807, 2.05) is 0 Å². The highest BCUT2D eigenvalue weighted by molar-refractivity contribution is 5.76. The average molecular weight is 233 g/mol. The fourth-order valence-corrected chi connectivity index (χ4v) is 2.14. The monoisotopic (exact) mass is 233 g/mol. The Bertz CT molecular complexity index is 362. The van der Waals surface area contributed by atoms with Gasteiger partial charge in [-0.25, -0.2) is 0 Å². The Morgan fingerprint density at radius 2 is 1.71 bits per heavy atom. The number of hydrogen-bond acceptors (Lipinski definition) is 2. The van der Waals surface area contributed by atoms with Crippen LogP contribution in [0.1, 0.15) is 38.3 Å². The molecule has 0 N–H and O–H groups in total. The van der Waals surface area contributed by atoms with Crippen LogP contribution < -0.4 is 4.90 Å². The minimum atomic E-state index is 0.254. The largest absolute Gasteiger partial charge is 0.374 e. The molecule has 1 aromatic carbocycles. The van der Waals surface area contributed by atoms with Crippen LogP contribution in [0, 0.1) is 0 Å². The third kappa shape index (κ3) is 3.58. The van der Waals surface area contributed by atoms with Crippen LogP contribution >= 0.6 is 0 Å². The van der Waals surface area contributed by atoms with Crippen molar-refractivity contribution < 1.29 is 4.79 Å². The molecule has 0 spiro atoms. The van der Waals surface area contributed by atoms with E-state index in [4.69, 9.17) is 0 Å². The molecule has 0 atom stereocenters. The van der Waals surface area contributed by atoms with Crippen molar-refractivity contribution in [1.82, 2.24) is 0 Å². The number of benzene rings is 1. The molecule has 17 heavy (non-hydrogen) atoms. The van der Waals surface area contributed by atoms with E-state index < -0.39 is 0 Å². The normalized spacial score (nSPS) is 10.4. The van der Waals surface area contributed by atoms with Gasteiger partial charge in [-0.2, -0.15) is 0 Å². The van der Waals surface area contributed by atoms with E-state index >= 15 is 0 Å². The first kappa shape index (κ1) is 13.8. The highest BCUT2D eigenvalue weighted by atomic mass is 16.1. The quantitative estimate of drug-likeness (QED) is 0.752. The van der Waals surface area contributed by atoms with Gasteiger partial charge in [-0.15, -0.1) is 0 Å². The minimum Gasteiger partial charge on any atom is -0.374 e. The molecule has 0 unspecified atom stereocenters. The molecular formula is C15H23NO. The molecule has 2 nitrogen and oxygen atoms in total. The Balaban J connectivity index is 2.96. The number of para-hydroxylation sites is 1. The summed E-state index contributed by atoms with van der Waals surface area (Å²) < 4.78 is 0. The lowest BCUT2D eigenvalue weighted by molar-refractivity contribution is -0.116. The lowest BCUT2D eigenvalue weighted by Gasteiger charge is -2.24. The number of anilines is 1. The van der Waals surface area contributed by atoms with Gasteiger partial charge in [0.25, 0.3) is 0 Å². The molecule has 1 aromatic rings. The maximum absolute atomic E-state index is 11.1. The van der Waals surface area contributed by atoms with Crippen molar-refractivity contribution in [2.24, 2.45) is 0 Å². The van der Waals surface area contributed by atoms with Gasteiger partial charge in [-0.3, -0.25) is 4.79 Å². The van der Waals surface area contributed by atoms with Crippen molar-refractivity contribution in [3.63, 3.8) is 0 Å². The molecule has 2 heteroatoms. The summed E-state index contributed by atoms with van der Waals surface area (Å²) in [6, 6.07) is 6.48. The van der Waals surface area contributed by atoms with Crippen molar-refractivity contribution in [3.8, 4) is 0 Å². The number of carbonyl (C=O) groups is 1. The van der Waals surface area contributed by atoms with Crippen LogP contribution in [0.2, 0.25) is 0 Å². The second kappa shape index (κ2) is 6.43. The molecule has 0 aromatic heterocycles. The highest BCUT2D eigenvalue weighted by Gasteiger charge is 2.11. The predicted molar refractivity (Wildman–Crippen MR) is 73.8 cm³/mol. The average Bonchev–Trinajstić information content (AvgIpc) is 2.34. The van der Waals surface area contributed by atoms with E-state index in [9.17, 15) is 4.79 Å². The van der Waals surface area contributed by atoms with E-state index in [1.54, 1.807) is 6.92 Å². The summed E-state index contributed by atoms with van der Waals surface area (Å²) in [6.07, 6.45) is 2.69. The molecule has 0 aliphatic rings. The highest BCUT2D eigenvalue weighted by Crippen LogP contribution is 2.26. The molecule has 0 aliphatic heterocycles. The van der Waals surface area contributed by atoms with Gasteiger partial charge >= 0.3 is 0 Å². The Morgan fingerprint density at radius 3 is 2.12 bits per heavy atom. The number of rotatable bonds is 6. The van der Waals surface area contributed by atoms with Gasteiger partial charge in [0, 0.05) is 25.7 Å². The predicted octanol–water partition coefficient (Wildman–Crippen LogP) is 3.23. The van der Waals surface area contributed by atoms with Gasteiger partial charge in [-0.1, -0.05) is 32.0 Å². The van der Waals surface area contributed by atoms with Gasteiger partial charge in [0.1, 0.15) is 5.78 Å². The van der Waals surface area contributed by atoms with Crippen LogP contribution in [0.3, 0.4) is 0 Å². The molecule has 1 rings (SSSR count). The van der Waals surface area contributed by atoms with Crippen molar-refractivity contribution in [2.75, 3.05) is 18.5 Å². The number of Topliss-reactive ketones (excluding diaryl/α,β-unsaturated/α-hetero) is 1. The first-order chi connectivity index (χ1) is 8.10. The van der Waals surface area contributed by atoms with E-state index in [-0.39, 0.29) is 5.78 Å². The van der Waals surface area contributed by atoms with Crippen molar-refractivity contribution in [3.05, 3.63) is 29.3 Å². The third-order valence-corrected chi connectivity index (χ3v) is 3.15. The van der Waals surface area contributed by atoms with Crippen molar-refractivity contribution in [1.29, 1.82) is 0 Å². The van der Waals surface area contributed by atoms with Crippen LogP contribution in [0.4, 0.5) is 5.69 Å². The molecule has 0 saturated heterocycles. The summed E-state index contributed by atoms with van der Waals surface area (Å²) in [7, 11) is 2.08. The fraction of sp³-hybridized carbons (Fsp3) is 0.533. The molecule has 0 bridgehead atoms. The molecule has 0 amide bonds. The maximum atomic E-state index is 11.1. The van der Waals surface area contributed by atoms with Crippen molar-refractivity contribution >= 4 is 11.5 Å². The standard InChI is InChI=1S/C15H23NO/c1-5-13-8-7-9-14(6-2)15(13)16(4)11-10-12(3)17/h7-9H,5-6,10-11H2,1-4H3. The first-order valence-electron chi connectivity index (χ1n) is 6.41. The third-order valence-electron chi connectivity index (χ3n) is 3.15. The zero-order chi connectivity index (χ0) is 12.8. The molecule has 0 saturated carbocycles. The zero-order valence-electron chi connectivity index (χ0n) is 11.4. The summed E-state index contributed by atoms with van der Waals surface area (Å²) in [5.41, 5.74) is 4.06. The summed E-state index contributed by atoms with van der Waals surface area (Å²) >= 11 is 0. The van der Waals surface area contributed by atoms with Crippen LogP contribution in [0.5, 0.6) is 0 Å². The zero-order valence-corrected chi connectivity index (χ0v) is 11.4. The molecule has 0 aliphatic carbocycles. The van der Waals surface area contributed by atoms with Crippen LogP contribution in [-0.2, 0) is 17.6 Å². The Hall–Kier alpha value is -1.31. The summed E-state index contributed by atoms with van der Waals surface area (Å²) in [5, 5.41) is 0. The van der Waals surface area contributed by atoms with Crippen LogP contribution in [-0.4, -0.2) is 19.4 Å². The SMILES string of the molecule is CCc1cccc(CC)c1N(C)CCC(C)=O. The Kier molecular flexibility index (Phi) is 5.20. The number of carbonyl (C=O) groups excluding carboxylic acids is 1. The number of ketones is 1. The van der Waals surface area contributed by atoms with Crippen molar-refractivity contribution in [2.45, 2.75) is 40.0 Å². The number of aryl methyl sites for hydroxylation is 2. The van der Waals surface area contributed by atoms with E-state index in [0.717, 1.165) is 19.4 Å². The van der Waals surface area contributed by atoms with E-state index in [1.165, 1.54) is 16.8 Å². The Labute approximate surface area is 105 Å². The molecular weight excluding hydrogens is 210 g/mol. The van der Waals surface area contributed by atoms with Crippen LogP contribution in [0.15, 0.2) is 18.2 Å². The summed E-state index contributed by atoms with van der Waals surface area (Å²) in [5.74, 6) is 0.254. The van der Waals surface area contributed by atoms with Crippen LogP contribution in [0.25, 0.3) is 0 Å². The smallest absolute Gasteiger partial charge is 0.131 e. The van der Waals surface area contributed by atoms with Gasteiger partial charge in [-0.05, 0) is 30.9 Å². The lowest BCUT2D eigenvalue weighted by atomic mass is 10.0. The number of nitrogens with zero attached hydrogens (tertiary/aromatic N) is 1. The molecule has 0 heterocycles. The molecule has 0 fully saturated rings. The molecule has 94 valence electrons. The van der Waals surface area contributed by atoms with Gasteiger partial charge in [0.2, 0.25) is 0 Å². The van der Waals surface area contributed by atoms with E-state index in [2.05, 4.69) is 44.0 Å². The van der Waals surface area contributed by atoms with Gasteiger partial charge < -0.3 is 4.90 Å². The maximum Gasteiger partial charge on any atom is 0.131 e.